The van der Waals surface area contributed by atoms with Gasteiger partial charge in [0.25, 0.3) is 0 Å². The largest absolute Gasteiger partial charge is 0.480 e. The number of carbonyl (C=O) groups excluding carboxylic acids is 12. The van der Waals surface area contributed by atoms with Crippen LogP contribution in [0, 0.1) is 5.92 Å². The first-order valence-corrected chi connectivity index (χ1v) is 34.0. The van der Waals surface area contributed by atoms with Gasteiger partial charge >= 0.3 is 5.97 Å². The molecule has 0 unspecified atom stereocenters. The molecule has 30 nitrogen and oxygen atoms in total. The Morgan fingerprint density at radius 1 is 0.624 bits per heavy atom. The van der Waals surface area contributed by atoms with Crippen LogP contribution in [0.25, 0.3) is 21.5 Å². The van der Waals surface area contributed by atoms with E-state index >= 15 is 28.8 Å². The zero-order valence-corrected chi connectivity index (χ0v) is 56.7. The van der Waals surface area contributed by atoms with Gasteiger partial charge in [-0.1, -0.05) is 105 Å². The third kappa shape index (κ3) is 22.7. The molecule has 4 heterocycles. The number of hydrogen-bond donors (Lipinski definition) is 14. The van der Waals surface area contributed by atoms with Gasteiger partial charge in [-0.2, -0.15) is 0 Å². The predicted octanol–water partition coefficient (Wildman–Crippen LogP) is -0.426. The Hall–Kier alpha value is -11.1. The molecule has 5 aromatic rings. The Bertz CT molecular complexity index is 3890. The molecule has 8 rings (SSSR count). The molecule has 2 bridgehead atoms. The number of carboxylic acids is 1. The molecule has 3 fully saturated rings. The van der Waals surface area contributed by atoms with E-state index in [4.69, 9.17) is 11.5 Å². The average Bonchev–Trinajstić information content (AvgIpc) is 1.80. The number of nitrogens with two attached hydrogens (primary N) is 2. The van der Waals surface area contributed by atoms with Crippen LogP contribution in [0.5, 0.6) is 0 Å². The molecule has 538 valence electrons. The molecule has 30 heteroatoms. The summed E-state index contributed by atoms with van der Waals surface area (Å²) in [6.45, 7) is 3.92. The summed E-state index contributed by atoms with van der Waals surface area (Å²) in [6, 6.07) is 13.3. The lowest BCUT2D eigenvalue weighted by Crippen LogP contribution is -2.61. The zero-order valence-electron chi connectivity index (χ0n) is 56.7. The van der Waals surface area contributed by atoms with Gasteiger partial charge in [0.1, 0.15) is 60.4 Å². The number of amides is 12. The molecule has 3 saturated heterocycles. The fourth-order valence-electron chi connectivity index (χ4n) is 12.5. The van der Waals surface area contributed by atoms with E-state index in [0.29, 0.717) is 16.7 Å². The highest BCUT2D eigenvalue weighted by Crippen LogP contribution is 2.23. The second-order valence-electron chi connectivity index (χ2n) is 26.1. The van der Waals surface area contributed by atoms with Crippen molar-refractivity contribution >= 4 is 104 Å². The van der Waals surface area contributed by atoms with Crippen molar-refractivity contribution in [1.29, 1.82) is 0 Å². The number of benzene rings is 4. The van der Waals surface area contributed by atoms with E-state index in [-0.39, 0.29) is 102 Å². The molecule has 1 aromatic heterocycles. The number of aromatic nitrogens is 1. The van der Waals surface area contributed by atoms with Crippen molar-refractivity contribution in [2.24, 2.45) is 22.4 Å². The van der Waals surface area contributed by atoms with E-state index in [9.17, 15) is 38.7 Å². The summed E-state index contributed by atoms with van der Waals surface area (Å²) in [5, 5.41) is 43.2. The summed E-state index contributed by atoms with van der Waals surface area (Å²) in [7, 11) is 0. The molecule has 12 amide bonds. The van der Waals surface area contributed by atoms with Crippen molar-refractivity contribution in [2.45, 2.75) is 171 Å². The summed E-state index contributed by atoms with van der Waals surface area (Å²) in [5.74, 6) is -12.9. The number of carboxylic acid groups (broad SMARTS) is 1. The monoisotopic (exact) mass is 1390 g/mol. The maximum atomic E-state index is 15.2. The van der Waals surface area contributed by atoms with E-state index in [1.807, 2.05) is 72.8 Å². The molecule has 0 spiro atoms. The number of carbonyl (C=O) groups is 13. The van der Waals surface area contributed by atoms with Crippen molar-refractivity contribution in [1.82, 2.24) is 68.4 Å². The lowest BCUT2D eigenvalue weighted by atomic mass is 9.98. The second kappa shape index (κ2) is 36.7. The fourth-order valence-corrected chi connectivity index (χ4v) is 12.5. The molecule has 0 saturated carbocycles. The number of aliphatic imine (C=N–C) groups is 1. The summed E-state index contributed by atoms with van der Waals surface area (Å²) in [6.07, 6.45) is 0.799. The Kier molecular flexibility index (Phi) is 27.5. The SMILES string of the molecule is CC(=O)N[C@H](Cc1ccc2ccccc2c1)C(=O)N[C@@H]1CCC(=O)NCCCC[C@@H]2NC(=O)[C@H](CC(C)C)NC(=O)[C@@H](Cc3ccc4ccccc4c3)NC(=O)[C@H](CCCN=C(N)N)NC(=O)[C@H](CC(=O)NC[C@@H](C(=O)O)NC(=O)[C@@H]3CCCN3C2=O)NC(=O)[C@@H](Cc2cccnc2)NC1=O. The second-order valence-corrected chi connectivity index (χ2v) is 26.1. The van der Waals surface area contributed by atoms with Gasteiger partial charge in [-0.15, -0.1) is 0 Å². The Labute approximate surface area is 583 Å². The van der Waals surface area contributed by atoms with Gasteiger partial charge in [0.15, 0.2) is 5.96 Å². The molecule has 3 aliphatic heterocycles. The Balaban J connectivity index is 1.23. The molecule has 10 atom stereocenters. The van der Waals surface area contributed by atoms with Crippen molar-refractivity contribution in [3.05, 3.63) is 126 Å². The van der Waals surface area contributed by atoms with Crippen LogP contribution in [0.4, 0.5) is 0 Å². The van der Waals surface area contributed by atoms with Crippen LogP contribution in [0.1, 0.15) is 108 Å². The number of nitrogens with one attached hydrogen (secondary N) is 11. The summed E-state index contributed by atoms with van der Waals surface area (Å²) < 4.78 is 0. The highest BCUT2D eigenvalue weighted by atomic mass is 16.4. The number of hydrogen-bond acceptors (Lipinski definition) is 15. The van der Waals surface area contributed by atoms with Crippen LogP contribution < -0.4 is 70.0 Å². The molecule has 0 radical (unpaired) electrons. The van der Waals surface area contributed by atoms with Crippen LogP contribution in [-0.4, -0.2) is 184 Å². The van der Waals surface area contributed by atoms with Gasteiger partial charge in [-0.05, 0) is 108 Å². The van der Waals surface area contributed by atoms with Gasteiger partial charge in [-0.25, -0.2) is 4.79 Å². The molecule has 16 N–H and O–H groups in total. The summed E-state index contributed by atoms with van der Waals surface area (Å²) in [4.78, 5) is 198. The van der Waals surface area contributed by atoms with Gasteiger partial charge in [0.2, 0.25) is 70.9 Å². The first-order chi connectivity index (χ1) is 48.4. The number of fused-ring (bicyclic) bond motifs is 10. The van der Waals surface area contributed by atoms with E-state index in [1.165, 1.54) is 24.2 Å². The topological polar surface area (TPSA) is 455 Å². The molecule has 101 heavy (non-hydrogen) atoms. The minimum atomic E-state index is -2.01. The lowest BCUT2D eigenvalue weighted by molar-refractivity contribution is -0.145. The van der Waals surface area contributed by atoms with Crippen molar-refractivity contribution in [3.8, 4) is 0 Å². The predicted molar refractivity (Wildman–Crippen MR) is 372 cm³/mol. The smallest absolute Gasteiger partial charge is 0.328 e. The third-order valence-corrected chi connectivity index (χ3v) is 17.7. The quantitative estimate of drug-likeness (QED) is 0.0339. The lowest BCUT2D eigenvalue weighted by Gasteiger charge is -2.31. The normalized spacial score (nSPS) is 23.3. The fraction of sp³-hybridized carbons (Fsp3) is 0.451. The number of pyridine rings is 1. The van der Waals surface area contributed by atoms with Gasteiger partial charge in [0, 0.05) is 71.2 Å². The van der Waals surface area contributed by atoms with Crippen LogP contribution in [-0.2, 0) is 81.6 Å². The molecular formula is C71H90N16O14. The van der Waals surface area contributed by atoms with Crippen LogP contribution in [0.2, 0.25) is 0 Å². The maximum Gasteiger partial charge on any atom is 0.328 e. The van der Waals surface area contributed by atoms with Gasteiger partial charge < -0.3 is 80.0 Å². The van der Waals surface area contributed by atoms with E-state index in [1.54, 1.807) is 38.1 Å². The molecular weight excluding hydrogens is 1300 g/mol. The highest BCUT2D eigenvalue weighted by Gasteiger charge is 2.41. The Morgan fingerprint density at radius 3 is 1.90 bits per heavy atom. The number of rotatable bonds is 16. The van der Waals surface area contributed by atoms with Crippen LogP contribution in [0.15, 0.2) is 114 Å². The first kappa shape index (κ1) is 75.7. The van der Waals surface area contributed by atoms with Crippen molar-refractivity contribution < 1.29 is 67.4 Å². The van der Waals surface area contributed by atoms with E-state index in [0.717, 1.165) is 21.5 Å². The van der Waals surface area contributed by atoms with Crippen LogP contribution >= 0.6 is 0 Å². The summed E-state index contributed by atoms with van der Waals surface area (Å²) in [5.41, 5.74) is 12.9. The first-order valence-electron chi connectivity index (χ1n) is 34.0. The highest BCUT2D eigenvalue weighted by molar-refractivity contribution is 6.01. The zero-order chi connectivity index (χ0) is 72.7. The third-order valence-electron chi connectivity index (χ3n) is 17.7. The van der Waals surface area contributed by atoms with Gasteiger partial charge in [0.05, 0.1) is 6.42 Å². The van der Waals surface area contributed by atoms with Crippen LogP contribution in [0.3, 0.4) is 0 Å². The van der Waals surface area contributed by atoms with E-state index in [2.05, 4.69) is 68.5 Å². The average molecular weight is 1390 g/mol. The minimum absolute atomic E-state index is 0.00000120. The molecule has 3 aliphatic rings. The summed E-state index contributed by atoms with van der Waals surface area (Å²) >= 11 is 0. The number of aliphatic carboxylic acids is 1. The Morgan fingerprint density at radius 2 is 1.24 bits per heavy atom. The van der Waals surface area contributed by atoms with Gasteiger partial charge in [-0.3, -0.25) is 67.5 Å². The molecule has 4 aromatic carbocycles. The van der Waals surface area contributed by atoms with Crippen molar-refractivity contribution in [2.75, 3.05) is 26.2 Å². The number of guanidine groups is 1. The van der Waals surface area contributed by atoms with Crippen molar-refractivity contribution in [3.63, 3.8) is 0 Å². The van der Waals surface area contributed by atoms with E-state index < -0.39 is 163 Å². The minimum Gasteiger partial charge on any atom is -0.480 e. The maximum absolute atomic E-state index is 15.2. The standard InChI is InChI=1S/C71H90N16O14/c1-40(2)31-52-63(93)81-51-18-8-9-28-75-59(89)26-25-50(80-64(94)53(78-41(3)88)34-42-21-23-45-14-4-6-16-47(45)32-42)62(92)84-55(36-44-13-10-27-74-38-44)66(96)85-56(37-60(90)77-39-57(70(100)101)86-68(98)58-20-12-30-87(58)69(51)99)67(97)79-49(19-11-29-76-71(72)73)61(91)83-54(65(95)82-52)35-43-22-24-46-15-5-7-17-48(46)33-43/h4-7,10,13-17,21-24,27,32-33,38,40,49-58H,8-9,11-12,18-20,25-26,28-31,34-37,39H2,1-3H3,(H,75,89)(H,77,90)(H,78,88)(H,79,97)(H,80,94)(H,81,93)(H,82,95)(H,83,91)(H,84,92)(H,85,96)(H,86,98)(H,100,101)(H4,72,73,76)/t49-,50+,51-,52-,53+,54+,55+,56-,57-,58-/m0/s1. The number of nitrogens with zero attached hydrogens (tertiary/aromatic N) is 3. The molecule has 0 aliphatic carbocycles.